The predicted octanol–water partition coefficient (Wildman–Crippen LogP) is 11.8. The third-order valence-electron chi connectivity index (χ3n) is 12.7. The lowest BCUT2D eigenvalue weighted by Gasteiger charge is -2.31. The molecule has 13 nitrogen and oxygen atoms in total. The molecule has 8 rings (SSSR count). The van der Waals surface area contributed by atoms with E-state index in [9.17, 15) is 31.7 Å². The van der Waals surface area contributed by atoms with Crippen LogP contribution in [0.5, 0.6) is 23.0 Å². The minimum absolute atomic E-state index is 0.0815. The monoisotopic (exact) mass is 1050 g/mol. The van der Waals surface area contributed by atoms with Crippen LogP contribution in [-0.2, 0) is 50.7 Å². The van der Waals surface area contributed by atoms with Crippen LogP contribution in [0.25, 0.3) is 16.6 Å². The molecule has 8 aromatic rings. The SMILES string of the molecule is [C-]#[N+]C(=Cc1cc[n+](CCOC(=O)CCC(C)(c2ccc(Oc3ccc(S(=O)(=O)c4ccccc4)cc3)cc2)c2ccc(Oc3ccc(S(=O)(=O)c4ccccc4)cc3)cc2)cc1)c1ccc(C(C#N)C(=O)OC)cc1. The van der Waals surface area contributed by atoms with Crippen molar-refractivity contribution in [3.8, 4) is 29.1 Å². The number of benzene rings is 7. The first-order valence-corrected chi connectivity index (χ1v) is 26.9. The Kier molecular flexibility index (Phi) is 16.7. The molecule has 0 amide bonds. The summed E-state index contributed by atoms with van der Waals surface area (Å²) in [6.45, 7) is 10.3. The summed E-state index contributed by atoms with van der Waals surface area (Å²) in [6, 6.07) is 56.1. The first-order chi connectivity index (χ1) is 36.7. The zero-order valence-electron chi connectivity index (χ0n) is 41.4. The molecule has 0 bridgehead atoms. The van der Waals surface area contributed by atoms with Gasteiger partial charge in [0.2, 0.25) is 19.7 Å². The number of aromatic nitrogens is 1. The van der Waals surface area contributed by atoms with Crippen molar-refractivity contribution in [2.45, 2.75) is 57.2 Å². The molecule has 0 saturated carbocycles. The van der Waals surface area contributed by atoms with Crippen molar-refractivity contribution in [2.24, 2.45) is 0 Å². The van der Waals surface area contributed by atoms with Crippen LogP contribution in [-0.4, -0.2) is 42.5 Å². The maximum atomic E-state index is 13.4. The molecule has 1 atom stereocenters. The van der Waals surface area contributed by atoms with E-state index in [-0.39, 0.29) is 38.6 Å². The molecule has 1 heterocycles. The van der Waals surface area contributed by atoms with Crippen LogP contribution in [0.15, 0.2) is 226 Å². The second-order valence-corrected chi connectivity index (χ2v) is 21.5. The number of nitrogens with zero attached hydrogens (tertiary/aromatic N) is 3. The number of pyridine rings is 1. The van der Waals surface area contributed by atoms with Gasteiger partial charge in [-0.15, -0.1) is 0 Å². The maximum absolute atomic E-state index is 13.4. The van der Waals surface area contributed by atoms with Crippen LogP contribution in [0.2, 0.25) is 0 Å². The molecule has 1 aromatic heterocycles. The highest BCUT2D eigenvalue weighted by Crippen LogP contribution is 2.39. The van der Waals surface area contributed by atoms with Gasteiger partial charge in [-0.2, -0.15) is 5.26 Å². The number of esters is 2. The Morgan fingerprint density at radius 1 is 0.632 bits per heavy atom. The normalized spacial score (nSPS) is 12.1. The summed E-state index contributed by atoms with van der Waals surface area (Å²) in [7, 11) is -6.18. The van der Waals surface area contributed by atoms with E-state index < -0.39 is 37.0 Å². The van der Waals surface area contributed by atoms with E-state index >= 15 is 0 Å². The molecule has 0 aliphatic heterocycles. The molecule has 0 aliphatic carbocycles. The second-order valence-electron chi connectivity index (χ2n) is 17.6. The third kappa shape index (κ3) is 12.6. The number of sulfone groups is 2. The van der Waals surface area contributed by atoms with E-state index in [0.717, 1.165) is 16.7 Å². The maximum Gasteiger partial charge on any atom is 0.327 e. The number of methoxy groups -OCH3 is 1. The molecular formula is C61H50N3O10S2+. The minimum Gasteiger partial charge on any atom is -0.468 e. The number of carbonyl (C=O) groups excluding carboxylic acids is 2. The van der Waals surface area contributed by atoms with Crippen molar-refractivity contribution in [3.05, 3.63) is 246 Å². The summed E-state index contributed by atoms with van der Waals surface area (Å²) < 4.78 is 77.2. The van der Waals surface area contributed by atoms with E-state index in [2.05, 4.69) is 4.85 Å². The lowest BCUT2D eigenvalue weighted by atomic mass is 9.73. The van der Waals surface area contributed by atoms with E-state index in [1.54, 1.807) is 115 Å². The zero-order chi connectivity index (χ0) is 53.7. The Balaban J connectivity index is 0.932. The zero-order valence-corrected chi connectivity index (χ0v) is 43.0. The number of ether oxygens (including phenoxy) is 4. The molecule has 1 unspecified atom stereocenters. The van der Waals surface area contributed by atoms with Gasteiger partial charge < -0.3 is 18.9 Å². The van der Waals surface area contributed by atoms with Crippen molar-refractivity contribution >= 4 is 43.4 Å². The Morgan fingerprint density at radius 3 is 1.49 bits per heavy atom. The number of hydrogen-bond acceptors (Lipinski definition) is 11. The summed E-state index contributed by atoms with van der Waals surface area (Å²) in [4.78, 5) is 29.8. The van der Waals surface area contributed by atoms with Crippen molar-refractivity contribution in [3.63, 3.8) is 0 Å². The van der Waals surface area contributed by atoms with Gasteiger partial charge in [0, 0.05) is 24.0 Å². The fourth-order valence-electron chi connectivity index (χ4n) is 8.32. The van der Waals surface area contributed by atoms with Gasteiger partial charge in [0.05, 0.1) is 39.3 Å². The fraction of sp³-hybridized carbons (Fsp3) is 0.131. The Bertz CT molecular complexity index is 3500. The highest BCUT2D eigenvalue weighted by atomic mass is 32.2. The van der Waals surface area contributed by atoms with E-state index in [1.807, 2.05) is 90.6 Å². The smallest absolute Gasteiger partial charge is 0.327 e. The molecule has 0 aliphatic rings. The van der Waals surface area contributed by atoms with Gasteiger partial charge in [0.25, 0.3) is 0 Å². The van der Waals surface area contributed by atoms with Crippen LogP contribution >= 0.6 is 0 Å². The van der Waals surface area contributed by atoms with Crippen LogP contribution < -0.4 is 14.0 Å². The topological polar surface area (TPSA) is 171 Å². The molecule has 0 spiro atoms. The van der Waals surface area contributed by atoms with Crippen LogP contribution in [0, 0.1) is 17.9 Å². The number of nitriles is 1. The van der Waals surface area contributed by atoms with Crippen LogP contribution in [0.3, 0.4) is 0 Å². The summed E-state index contributed by atoms with van der Waals surface area (Å²) >= 11 is 0. The molecule has 0 radical (unpaired) electrons. The largest absolute Gasteiger partial charge is 0.468 e. The summed E-state index contributed by atoms with van der Waals surface area (Å²) in [5.41, 5.74) is 3.28. The van der Waals surface area contributed by atoms with Crippen LogP contribution in [0.4, 0.5) is 0 Å². The summed E-state index contributed by atoms with van der Waals surface area (Å²) in [6.07, 6.45) is 5.83. The molecule has 0 saturated heterocycles. The number of hydrogen-bond donors (Lipinski definition) is 0. The summed E-state index contributed by atoms with van der Waals surface area (Å²) in [5.74, 6) is -0.180. The van der Waals surface area contributed by atoms with E-state index in [4.69, 9.17) is 25.5 Å². The Hall–Kier alpha value is -9.15. The Morgan fingerprint density at radius 2 is 1.07 bits per heavy atom. The highest BCUT2D eigenvalue weighted by Gasteiger charge is 2.31. The average Bonchev–Trinajstić information content (AvgIpc) is 3.45. The first-order valence-electron chi connectivity index (χ1n) is 23.9. The van der Waals surface area contributed by atoms with Gasteiger partial charge in [-0.3, -0.25) is 9.59 Å². The minimum atomic E-state index is -3.70. The fourth-order valence-corrected chi connectivity index (χ4v) is 10.9. The van der Waals surface area contributed by atoms with Gasteiger partial charge in [0.1, 0.15) is 23.0 Å². The summed E-state index contributed by atoms with van der Waals surface area (Å²) in [5, 5.41) is 9.43. The van der Waals surface area contributed by atoms with Crippen molar-refractivity contribution in [1.82, 2.24) is 0 Å². The lowest BCUT2D eigenvalue weighted by molar-refractivity contribution is -0.697. The van der Waals surface area contributed by atoms with Crippen molar-refractivity contribution in [1.29, 1.82) is 5.26 Å². The number of rotatable bonds is 20. The van der Waals surface area contributed by atoms with Crippen molar-refractivity contribution in [2.75, 3.05) is 13.7 Å². The van der Waals surface area contributed by atoms with Gasteiger partial charge in [-0.25, -0.2) is 26.2 Å². The molecular weight excluding hydrogens is 999 g/mol. The molecule has 0 N–H and O–H groups in total. The highest BCUT2D eigenvalue weighted by molar-refractivity contribution is 7.91. The van der Waals surface area contributed by atoms with Crippen LogP contribution in [0.1, 0.15) is 53.5 Å². The van der Waals surface area contributed by atoms with E-state index in [0.29, 0.717) is 52.8 Å². The second kappa shape index (κ2) is 23.8. The standard InChI is InChI=1S/C61H50N3O10S2/c1-61(47-18-22-49(23-19-47)73-51-26-30-55(31-27-51)75(67,68)53-10-6-4-7-11-53,48-20-24-50(25-21-48)74-52-28-32-56(33-29-52)76(69,70)54-12-8-5-9-13-54)37-34-59(65)72-41-40-64-38-35-44(36-39-64)42-58(63-2)46-16-14-45(15-17-46)57(43-62)60(66)71-3/h4-33,35-36,38-39,42,57H,34,37,40-41H2,1,3H3/q+1. The molecule has 15 heteroatoms. The molecule has 380 valence electrons. The van der Waals surface area contributed by atoms with Gasteiger partial charge in [-0.05, 0) is 137 Å². The van der Waals surface area contributed by atoms with Gasteiger partial charge in [-0.1, -0.05) is 91.9 Å². The molecule has 0 fully saturated rings. The lowest BCUT2D eigenvalue weighted by Crippen LogP contribution is -2.35. The Labute approximate surface area is 442 Å². The van der Waals surface area contributed by atoms with Gasteiger partial charge in [0.15, 0.2) is 37.2 Å². The first kappa shape index (κ1) is 53.2. The van der Waals surface area contributed by atoms with Crippen molar-refractivity contribution < 1.29 is 49.9 Å². The van der Waals surface area contributed by atoms with Gasteiger partial charge >= 0.3 is 11.9 Å². The average molecular weight is 1050 g/mol. The van der Waals surface area contributed by atoms with E-state index in [1.165, 1.54) is 31.4 Å². The predicted molar refractivity (Wildman–Crippen MR) is 284 cm³/mol. The quantitative estimate of drug-likeness (QED) is 0.0404. The molecule has 76 heavy (non-hydrogen) atoms. The molecule has 7 aromatic carbocycles. The third-order valence-corrected chi connectivity index (χ3v) is 16.3. The number of carbonyl (C=O) groups is 2.